The van der Waals surface area contributed by atoms with Crippen molar-refractivity contribution in [2.24, 2.45) is 0 Å². The summed E-state index contributed by atoms with van der Waals surface area (Å²) >= 11 is 0. The van der Waals surface area contributed by atoms with Crippen LogP contribution in [0.1, 0.15) is 38.4 Å². The molecule has 0 saturated heterocycles. The van der Waals surface area contributed by atoms with E-state index in [9.17, 15) is 39.9 Å². The molecule has 0 atom stereocenters. The Bertz CT molecular complexity index is 2030. The van der Waals surface area contributed by atoms with E-state index in [0.717, 1.165) is 18.2 Å². The molecule has 0 fully saturated rings. The van der Waals surface area contributed by atoms with Crippen molar-refractivity contribution in [3.05, 3.63) is 118 Å². The van der Waals surface area contributed by atoms with Crippen LogP contribution in [0.25, 0.3) is 44.8 Å². The summed E-state index contributed by atoms with van der Waals surface area (Å²) in [5, 5.41) is 0. The third kappa shape index (κ3) is 4.29. The van der Waals surface area contributed by atoms with Gasteiger partial charge in [-0.3, -0.25) is 4.79 Å². The fourth-order valence-corrected chi connectivity index (χ4v) is 5.58. The Kier molecular flexibility index (Phi) is 5.66. The van der Waals surface area contributed by atoms with Crippen LogP contribution >= 0.6 is 0 Å². The van der Waals surface area contributed by atoms with E-state index < -0.39 is 40.9 Å². The predicted octanol–water partition coefficient (Wildman–Crippen LogP) is 8.91. The van der Waals surface area contributed by atoms with Gasteiger partial charge in [0.05, 0.1) is 22.5 Å². The number of hydrogen-bond donors (Lipinski definition) is 0. The smallest absolute Gasteiger partial charge is 0.287 e. The van der Waals surface area contributed by atoms with E-state index in [2.05, 4.69) is 9.97 Å². The average Bonchev–Trinajstić information content (AvgIpc) is 3.44. The van der Waals surface area contributed by atoms with Gasteiger partial charge in [0, 0.05) is 23.1 Å². The highest BCUT2D eigenvalue weighted by atomic mass is 19.4. The first-order chi connectivity index (χ1) is 20.3. The quantitative estimate of drug-likeness (QED) is 0.188. The normalized spacial score (nSPS) is 13.5. The molecular weight excluding hydrogens is 580 g/mol. The summed E-state index contributed by atoms with van der Waals surface area (Å²) in [4.78, 5) is 22.6. The van der Waals surface area contributed by atoms with Crippen LogP contribution in [-0.4, -0.2) is 15.8 Å². The van der Waals surface area contributed by atoms with Gasteiger partial charge in [0.1, 0.15) is 23.0 Å². The monoisotopic (exact) mass is 594 g/mol. The summed E-state index contributed by atoms with van der Waals surface area (Å²) in [6.45, 7) is 0. The molecule has 0 amide bonds. The molecule has 0 aliphatic heterocycles. The van der Waals surface area contributed by atoms with Crippen LogP contribution in [0.4, 0.5) is 35.1 Å². The highest BCUT2D eigenvalue weighted by Crippen LogP contribution is 2.43. The van der Waals surface area contributed by atoms with Crippen LogP contribution in [0.15, 0.2) is 72.8 Å². The van der Waals surface area contributed by atoms with E-state index in [1.807, 2.05) is 0 Å². The van der Waals surface area contributed by atoms with Crippen LogP contribution in [0, 0.1) is 11.6 Å². The summed E-state index contributed by atoms with van der Waals surface area (Å²) in [5.41, 5.74) is 1.54. The molecule has 0 spiro atoms. The van der Waals surface area contributed by atoms with E-state index in [-0.39, 0.29) is 34.4 Å². The van der Waals surface area contributed by atoms with Gasteiger partial charge in [0.2, 0.25) is 5.78 Å². The van der Waals surface area contributed by atoms with Crippen molar-refractivity contribution in [1.29, 1.82) is 0 Å². The number of nitrogens with zero attached hydrogens (tertiary/aromatic N) is 2. The Hall–Kier alpha value is -4.93. The molecule has 43 heavy (non-hydrogen) atoms. The van der Waals surface area contributed by atoms with Gasteiger partial charge in [-0.25, -0.2) is 18.7 Å². The first-order valence-electron chi connectivity index (χ1n) is 12.8. The number of halogens is 8. The Morgan fingerprint density at radius 1 is 0.535 bits per heavy atom. The topological polar surface area (TPSA) is 42.9 Å². The molecule has 3 nitrogen and oxygen atoms in total. The molecular formula is C32H14F8N2O. The lowest BCUT2D eigenvalue weighted by Crippen LogP contribution is -2.08. The highest BCUT2D eigenvalue weighted by Gasteiger charge is 2.37. The minimum Gasteiger partial charge on any atom is -0.287 e. The first-order valence-corrected chi connectivity index (χ1v) is 12.8. The second kappa shape index (κ2) is 9.03. The molecule has 11 heteroatoms. The van der Waals surface area contributed by atoms with Gasteiger partial charge in [-0.15, -0.1) is 0 Å². The first kappa shape index (κ1) is 26.9. The lowest BCUT2D eigenvalue weighted by molar-refractivity contribution is -0.140. The standard InChI is InChI=1S/C32H14F8N2O/c33-24-7-3-16(11-22(24)31(35,36)37)14-1-5-19-18(9-14)13-26-27(19)42-29-28(41-26)20-6-2-15(10-21(20)30(29)43)17-4-8-25(34)23(12-17)32(38,39)40/h1-12H,13H2. The number of carbonyl (C=O) groups is 1. The molecule has 0 N–H and O–H groups in total. The molecule has 2 aliphatic carbocycles. The molecule has 0 bridgehead atoms. The number of benzene rings is 4. The van der Waals surface area contributed by atoms with E-state index in [1.54, 1.807) is 24.3 Å². The second-order valence-corrected chi connectivity index (χ2v) is 10.2. The lowest BCUT2D eigenvalue weighted by atomic mass is 9.98. The number of carbonyl (C=O) groups excluding carboxylic acids is 1. The van der Waals surface area contributed by atoms with Gasteiger partial charge >= 0.3 is 12.4 Å². The van der Waals surface area contributed by atoms with Gasteiger partial charge in [-0.2, -0.15) is 26.3 Å². The van der Waals surface area contributed by atoms with Gasteiger partial charge in [-0.05, 0) is 58.1 Å². The van der Waals surface area contributed by atoms with Crippen molar-refractivity contribution < 1.29 is 39.9 Å². The Balaban J connectivity index is 1.23. The third-order valence-corrected chi connectivity index (χ3v) is 7.63. The molecule has 0 unspecified atom stereocenters. The van der Waals surface area contributed by atoms with E-state index in [0.29, 0.717) is 45.4 Å². The van der Waals surface area contributed by atoms with E-state index >= 15 is 0 Å². The molecule has 2 aliphatic rings. The number of alkyl halides is 6. The third-order valence-electron chi connectivity index (χ3n) is 7.63. The molecule has 214 valence electrons. The van der Waals surface area contributed by atoms with Gasteiger partial charge in [0.15, 0.2) is 0 Å². The molecule has 1 heterocycles. The number of rotatable bonds is 2. The van der Waals surface area contributed by atoms with Crippen LogP contribution in [0.3, 0.4) is 0 Å². The molecule has 1 aromatic heterocycles. The van der Waals surface area contributed by atoms with Crippen molar-refractivity contribution in [3.63, 3.8) is 0 Å². The minimum absolute atomic E-state index is 0.0614. The molecule has 0 radical (unpaired) electrons. The summed E-state index contributed by atoms with van der Waals surface area (Å²) < 4.78 is 107. The number of aromatic nitrogens is 2. The van der Waals surface area contributed by atoms with Crippen LogP contribution in [0.5, 0.6) is 0 Å². The zero-order chi connectivity index (χ0) is 30.4. The lowest BCUT2D eigenvalue weighted by Gasteiger charge is -2.11. The Labute approximate surface area is 237 Å². The summed E-state index contributed by atoms with van der Waals surface area (Å²) in [5.74, 6) is -3.25. The number of ketones is 1. The molecule has 0 saturated carbocycles. The maximum atomic E-state index is 13.8. The van der Waals surface area contributed by atoms with Gasteiger partial charge in [0.25, 0.3) is 0 Å². The zero-order valence-electron chi connectivity index (χ0n) is 21.5. The van der Waals surface area contributed by atoms with Crippen molar-refractivity contribution >= 4 is 5.78 Å². The Morgan fingerprint density at radius 3 is 1.63 bits per heavy atom. The van der Waals surface area contributed by atoms with Crippen LogP contribution in [0.2, 0.25) is 0 Å². The summed E-state index contributed by atoms with van der Waals surface area (Å²) in [7, 11) is 0. The van der Waals surface area contributed by atoms with Crippen molar-refractivity contribution in [2.45, 2.75) is 18.8 Å². The fraction of sp³-hybridized carbons (Fsp3) is 0.0938. The molecule has 4 aromatic carbocycles. The van der Waals surface area contributed by atoms with E-state index in [4.69, 9.17) is 0 Å². The van der Waals surface area contributed by atoms with Crippen molar-refractivity contribution in [3.8, 4) is 44.8 Å². The Morgan fingerprint density at radius 2 is 1.05 bits per heavy atom. The fourth-order valence-electron chi connectivity index (χ4n) is 5.58. The van der Waals surface area contributed by atoms with Gasteiger partial charge in [-0.1, -0.05) is 42.5 Å². The SMILES string of the molecule is O=C1c2cc(-c3ccc(F)c(C(F)(F)F)c3)ccc2-c2nc3c(nc21)-c1ccc(-c2ccc(F)c(C(F)(F)F)c2)cc1C3. The maximum Gasteiger partial charge on any atom is 0.419 e. The second-order valence-electron chi connectivity index (χ2n) is 10.2. The minimum atomic E-state index is -4.89. The van der Waals surface area contributed by atoms with Gasteiger partial charge < -0.3 is 0 Å². The molecule has 7 rings (SSSR count). The molecule has 5 aromatic rings. The van der Waals surface area contributed by atoms with Crippen LogP contribution < -0.4 is 0 Å². The predicted molar refractivity (Wildman–Crippen MR) is 140 cm³/mol. The largest absolute Gasteiger partial charge is 0.419 e. The highest BCUT2D eigenvalue weighted by molar-refractivity contribution is 6.20. The summed E-state index contributed by atoms with van der Waals surface area (Å²) in [6, 6.07) is 14.8. The van der Waals surface area contributed by atoms with Crippen molar-refractivity contribution in [1.82, 2.24) is 9.97 Å². The zero-order valence-corrected chi connectivity index (χ0v) is 21.5. The maximum absolute atomic E-state index is 13.8. The van der Waals surface area contributed by atoms with Crippen LogP contribution in [-0.2, 0) is 18.8 Å². The number of hydrogen-bond acceptors (Lipinski definition) is 3. The average molecular weight is 594 g/mol. The van der Waals surface area contributed by atoms with Crippen molar-refractivity contribution in [2.75, 3.05) is 0 Å². The summed E-state index contributed by atoms with van der Waals surface area (Å²) in [6.07, 6.45) is -9.46. The van der Waals surface area contributed by atoms with E-state index in [1.165, 1.54) is 24.3 Å². The number of fused-ring (bicyclic) bond motifs is 6.